The highest BCUT2D eigenvalue weighted by molar-refractivity contribution is 9.11. The summed E-state index contributed by atoms with van der Waals surface area (Å²) in [5, 5.41) is 3.78. The summed E-state index contributed by atoms with van der Waals surface area (Å²) in [6, 6.07) is 5.42. The van der Waals surface area contributed by atoms with Gasteiger partial charge >= 0.3 is 0 Å². The molecular weight excluding hydrogens is 371 g/mol. The zero-order chi connectivity index (χ0) is 12.4. The van der Waals surface area contributed by atoms with E-state index in [-0.39, 0.29) is 5.95 Å². The number of hydrogen-bond donors (Lipinski definition) is 2. The smallest absolute Gasteiger partial charge is 0.222 e. The van der Waals surface area contributed by atoms with Crippen LogP contribution in [0.2, 0.25) is 5.02 Å². The second kappa shape index (κ2) is 5.20. The van der Waals surface area contributed by atoms with Gasteiger partial charge in [0.25, 0.3) is 0 Å². The Morgan fingerprint density at radius 1 is 1.24 bits per heavy atom. The van der Waals surface area contributed by atoms with E-state index in [2.05, 4.69) is 47.1 Å². The summed E-state index contributed by atoms with van der Waals surface area (Å²) in [4.78, 5) is 7.95. The van der Waals surface area contributed by atoms with E-state index in [1.165, 1.54) is 0 Å². The van der Waals surface area contributed by atoms with Gasteiger partial charge in [-0.05, 0) is 50.1 Å². The molecule has 0 aliphatic carbocycles. The summed E-state index contributed by atoms with van der Waals surface area (Å²) in [5.74, 6) is 0.807. The van der Waals surface area contributed by atoms with E-state index in [0.29, 0.717) is 10.8 Å². The SMILES string of the molecule is Nc1ncc(Br)c(Nc2ccc(Cl)cc2Br)n1. The van der Waals surface area contributed by atoms with Gasteiger partial charge in [-0.1, -0.05) is 11.6 Å². The maximum Gasteiger partial charge on any atom is 0.222 e. The topological polar surface area (TPSA) is 63.8 Å². The Morgan fingerprint density at radius 3 is 2.71 bits per heavy atom. The molecule has 3 N–H and O–H groups in total. The fourth-order valence-corrected chi connectivity index (χ4v) is 2.26. The van der Waals surface area contributed by atoms with Crippen LogP contribution in [0, 0.1) is 0 Å². The van der Waals surface area contributed by atoms with Crippen molar-refractivity contribution in [2.24, 2.45) is 0 Å². The minimum Gasteiger partial charge on any atom is -0.368 e. The molecule has 0 aliphatic rings. The van der Waals surface area contributed by atoms with Crippen molar-refractivity contribution < 1.29 is 0 Å². The van der Waals surface area contributed by atoms with Crippen LogP contribution in [0.5, 0.6) is 0 Å². The van der Waals surface area contributed by atoms with Crippen molar-refractivity contribution in [3.8, 4) is 0 Å². The van der Waals surface area contributed by atoms with Crippen molar-refractivity contribution in [2.45, 2.75) is 0 Å². The van der Waals surface area contributed by atoms with Crippen molar-refractivity contribution in [2.75, 3.05) is 11.1 Å². The lowest BCUT2D eigenvalue weighted by atomic mass is 10.3. The van der Waals surface area contributed by atoms with Crippen molar-refractivity contribution >= 4 is 60.9 Å². The van der Waals surface area contributed by atoms with E-state index < -0.39 is 0 Å². The molecular formula is C10H7Br2ClN4. The van der Waals surface area contributed by atoms with Gasteiger partial charge in [0, 0.05) is 15.7 Å². The van der Waals surface area contributed by atoms with E-state index in [1.54, 1.807) is 18.3 Å². The highest BCUT2D eigenvalue weighted by atomic mass is 79.9. The Morgan fingerprint density at radius 2 is 2.00 bits per heavy atom. The average molecular weight is 378 g/mol. The van der Waals surface area contributed by atoms with Crippen molar-refractivity contribution in [1.82, 2.24) is 9.97 Å². The van der Waals surface area contributed by atoms with Crippen LogP contribution in [-0.4, -0.2) is 9.97 Å². The van der Waals surface area contributed by atoms with Crippen molar-refractivity contribution in [1.29, 1.82) is 0 Å². The largest absolute Gasteiger partial charge is 0.368 e. The maximum atomic E-state index is 5.86. The Hall–Kier alpha value is -0.850. The van der Waals surface area contributed by atoms with Gasteiger partial charge in [0.1, 0.15) is 5.82 Å². The summed E-state index contributed by atoms with van der Waals surface area (Å²) in [6.45, 7) is 0. The fourth-order valence-electron chi connectivity index (χ4n) is 1.19. The predicted molar refractivity (Wildman–Crippen MR) is 76.6 cm³/mol. The standard InChI is InChI=1S/C10H7Br2ClN4/c11-6-3-5(13)1-2-8(6)16-9-7(12)4-15-10(14)17-9/h1-4H,(H3,14,15,16,17). The van der Waals surface area contributed by atoms with E-state index in [1.807, 2.05) is 6.07 Å². The van der Waals surface area contributed by atoms with Gasteiger partial charge in [0.15, 0.2) is 0 Å². The Balaban J connectivity index is 2.34. The van der Waals surface area contributed by atoms with Crippen LogP contribution in [0.3, 0.4) is 0 Å². The summed E-state index contributed by atoms with van der Waals surface area (Å²) in [5.41, 5.74) is 6.37. The molecule has 0 unspecified atom stereocenters. The van der Waals surface area contributed by atoms with Crippen LogP contribution in [-0.2, 0) is 0 Å². The lowest BCUT2D eigenvalue weighted by Crippen LogP contribution is -2.00. The van der Waals surface area contributed by atoms with Crippen LogP contribution >= 0.6 is 43.5 Å². The van der Waals surface area contributed by atoms with Gasteiger partial charge in [0.05, 0.1) is 10.2 Å². The molecule has 1 heterocycles. The normalized spacial score (nSPS) is 10.3. The number of nitrogen functional groups attached to an aromatic ring is 1. The molecule has 0 amide bonds. The highest BCUT2D eigenvalue weighted by Crippen LogP contribution is 2.30. The molecule has 0 fully saturated rings. The number of rotatable bonds is 2. The minimum absolute atomic E-state index is 0.209. The summed E-state index contributed by atoms with van der Waals surface area (Å²) in [7, 11) is 0. The molecule has 0 spiro atoms. The zero-order valence-electron chi connectivity index (χ0n) is 8.42. The molecule has 17 heavy (non-hydrogen) atoms. The van der Waals surface area contributed by atoms with Gasteiger partial charge in [-0.15, -0.1) is 0 Å². The molecule has 2 aromatic rings. The third-order valence-electron chi connectivity index (χ3n) is 1.95. The van der Waals surface area contributed by atoms with Crippen LogP contribution in [0.1, 0.15) is 0 Å². The summed E-state index contributed by atoms with van der Waals surface area (Å²) >= 11 is 12.6. The van der Waals surface area contributed by atoms with Gasteiger partial charge in [0.2, 0.25) is 5.95 Å². The maximum absolute atomic E-state index is 5.86. The number of benzene rings is 1. The first-order valence-corrected chi connectivity index (χ1v) is 6.53. The number of hydrogen-bond acceptors (Lipinski definition) is 4. The van der Waals surface area contributed by atoms with Crippen molar-refractivity contribution in [3.63, 3.8) is 0 Å². The van der Waals surface area contributed by atoms with E-state index in [4.69, 9.17) is 17.3 Å². The van der Waals surface area contributed by atoms with Crippen LogP contribution < -0.4 is 11.1 Å². The molecule has 88 valence electrons. The van der Waals surface area contributed by atoms with Crippen LogP contribution in [0.4, 0.5) is 17.5 Å². The molecule has 0 radical (unpaired) electrons. The first-order valence-electron chi connectivity index (χ1n) is 4.56. The Kier molecular flexibility index (Phi) is 3.86. The molecule has 1 aromatic carbocycles. The first-order chi connectivity index (χ1) is 8.06. The third kappa shape index (κ3) is 3.08. The van der Waals surface area contributed by atoms with Crippen LogP contribution in [0.25, 0.3) is 0 Å². The molecule has 0 aliphatic heterocycles. The number of anilines is 3. The number of nitrogens with one attached hydrogen (secondary N) is 1. The molecule has 4 nitrogen and oxygen atoms in total. The lowest BCUT2D eigenvalue weighted by molar-refractivity contribution is 1.17. The van der Waals surface area contributed by atoms with Gasteiger partial charge < -0.3 is 11.1 Å². The van der Waals surface area contributed by atoms with Gasteiger partial charge in [-0.25, -0.2) is 4.98 Å². The molecule has 2 rings (SSSR count). The van der Waals surface area contributed by atoms with E-state index in [0.717, 1.165) is 14.6 Å². The fraction of sp³-hybridized carbons (Fsp3) is 0. The average Bonchev–Trinajstić information content (AvgIpc) is 2.27. The van der Waals surface area contributed by atoms with Crippen molar-refractivity contribution in [3.05, 3.63) is 38.4 Å². The Labute approximate surface area is 120 Å². The predicted octanol–water partition coefficient (Wildman–Crippen LogP) is 3.98. The molecule has 1 aromatic heterocycles. The lowest BCUT2D eigenvalue weighted by Gasteiger charge is -2.09. The number of halogens is 3. The molecule has 0 saturated heterocycles. The first kappa shape index (κ1) is 12.6. The highest BCUT2D eigenvalue weighted by Gasteiger charge is 2.06. The molecule has 7 heteroatoms. The molecule has 0 atom stereocenters. The van der Waals surface area contributed by atoms with Gasteiger partial charge in [-0.3, -0.25) is 0 Å². The van der Waals surface area contributed by atoms with E-state index >= 15 is 0 Å². The second-order valence-electron chi connectivity index (χ2n) is 3.17. The summed E-state index contributed by atoms with van der Waals surface area (Å²) < 4.78 is 1.57. The van der Waals surface area contributed by atoms with Crippen LogP contribution in [0.15, 0.2) is 33.3 Å². The number of nitrogens with two attached hydrogens (primary N) is 1. The summed E-state index contributed by atoms with van der Waals surface area (Å²) in [6.07, 6.45) is 1.59. The Bertz CT molecular complexity index is 562. The quantitative estimate of drug-likeness (QED) is 0.830. The van der Waals surface area contributed by atoms with Gasteiger partial charge in [-0.2, -0.15) is 4.98 Å². The van der Waals surface area contributed by atoms with E-state index in [9.17, 15) is 0 Å². The second-order valence-corrected chi connectivity index (χ2v) is 5.32. The zero-order valence-corrected chi connectivity index (χ0v) is 12.3. The molecule has 0 bridgehead atoms. The third-order valence-corrected chi connectivity index (χ3v) is 3.42. The minimum atomic E-state index is 0.209. The number of nitrogens with zero attached hydrogens (tertiary/aromatic N) is 2. The molecule has 0 saturated carbocycles. The number of aromatic nitrogens is 2. The monoisotopic (exact) mass is 376 g/mol.